The third-order valence-corrected chi connectivity index (χ3v) is 4.63. The average Bonchev–Trinajstić information content (AvgIpc) is 3.34. The van der Waals surface area contributed by atoms with E-state index in [1.54, 1.807) is 54.8 Å². The topological polar surface area (TPSA) is 92.9 Å². The second-order valence-electron chi connectivity index (χ2n) is 6.97. The molecule has 1 amide bonds. The van der Waals surface area contributed by atoms with Crippen LogP contribution in [-0.4, -0.2) is 40.4 Å². The predicted octanol–water partition coefficient (Wildman–Crippen LogP) is 4.64. The number of hydrogen-bond acceptors (Lipinski definition) is 5. The van der Waals surface area contributed by atoms with Crippen LogP contribution in [-0.2, 0) is 11.3 Å². The van der Waals surface area contributed by atoms with Crippen LogP contribution in [0.5, 0.6) is 5.88 Å². The van der Waals surface area contributed by atoms with Crippen molar-refractivity contribution in [1.29, 1.82) is 0 Å². The van der Waals surface area contributed by atoms with E-state index in [-0.39, 0.29) is 24.4 Å². The number of carbonyl (C=O) groups is 2. The first-order chi connectivity index (χ1) is 16.3. The number of benzene rings is 1. The van der Waals surface area contributed by atoms with Crippen LogP contribution in [0.3, 0.4) is 0 Å². The Balaban J connectivity index is 1.69. The van der Waals surface area contributed by atoms with Crippen LogP contribution >= 0.6 is 0 Å². The maximum Gasteiger partial charge on any atom is 0.303 e. The molecule has 0 saturated heterocycles. The average molecular weight is 425 g/mol. The van der Waals surface area contributed by atoms with Crippen LogP contribution in [0.1, 0.15) is 45.7 Å². The zero-order chi connectivity index (χ0) is 24.6. The van der Waals surface area contributed by atoms with E-state index in [1.807, 2.05) is 0 Å². The van der Waals surface area contributed by atoms with Crippen LogP contribution < -0.4 is 4.74 Å². The van der Waals surface area contributed by atoms with Crippen molar-refractivity contribution in [3.05, 3.63) is 72.1 Å². The number of nitrogens with zero attached hydrogens (tertiary/aromatic N) is 2. The van der Waals surface area contributed by atoms with Crippen LogP contribution in [0.15, 0.2) is 65.4 Å². The Kier molecular flexibility index (Phi) is 6.43. The molecule has 162 valence electrons. The van der Waals surface area contributed by atoms with Gasteiger partial charge in [-0.25, -0.2) is 4.98 Å². The van der Waals surface area contributed by atoms with Gasteiger partial charge in [0.15, 0.2) is 0 Å². The number of furan rings is 1. The van der Waals surface area contributed by atoms with Crippen molar-refractivity contribution in [3.8, 4) is 17.2 Å². The van der Waals surface area contributed by atoms with Crippen LogP contribution in [0, 0.1) is 0 Å². The van der Waals surface area contributed by atoms with Gasteiger partial charge in [-0.1, -0.05) is 18.2 Å². The predicted molar refractivity (Wildman–Crippen MR) is 116 cm³/mol. The summed E-state index contributed by atoms with van der Waals surface area (Å²) in [4.78, 5) is 28.7. The molecule has 0 fully saturated rings. The summed E-state index contributed by atoms with van der Waals surface area (Å²) in [6.45, 7) is -2.59. The van der Waals surface area contributed by atoms with Crippen molar-refractivity contribution in [2.75, 3.05) is 13.6 Å². The van der Waals surface area contributed by atoms with Gasteiger partial charge in [0, 0.05) is 40.4 Å². The van der Waals surface area contributed by atoms with Crippen molar-refractivity contribution in [2.24, 2.45) is 0 Å². The molecule has 0 spiro atoms. The molecule has 1 aromatic carbocycles. The fraction of sp³-hybridized carbons (Fsp3) is 0.292. The molecule has 2 aromatic heterocycles. The highest BCUT2D eigenvalue weighted by atomic mass is 16.5. The van der Waals surface area contributed by atoms with Gasteiger partial charge >= 0.3 is 5.97 Å². The molecule has 2 heterocycles. The van der Waals surface area contributed by atoms with Gasteiger partial charge in [-0.3, -0.25) is 9.59 Å². The zero-order valence-corrected chi connectivity index (χ0v) is 17.0. The Morgan fingerprint density at radius 2 is 1.97 bits per heavy atom. The second kappa shape index (κ2) is 11.0. The zero-order valence-electron chi connectivity index (χ0n) is 20.0. The first kappa shape index (κ1) is 18.2. The monoisotopic (exact) mass is 425 g/mol. The van der Waals surface area contributed by atoms with E-state index in [1.165, 1.54) is 6.20 Å². The molecule has 0 radical (unpaired) electrons. The fourth-order valence-corrected chi connectivity index (χ4v) is 3.02. The number of carboxylic acids is 1. The van der Waals surface area contributed by atoms with E-state index in [0.717, 1.165) is 10.5 Å². The van der Waals surface area contributed by atoms with Crippen molar-refractivity contribution in [2.45, 2.75) is 32.2 Å². The number of pyridine rings is 1. The molecule has 1 N–H and O–H groups in total. The molecule has 3 rings (SSSR count). The number of aromatic nitrogens is 1. The number of ether oxygens (including phenoxy) is 1. The summed E-state index contributed by atoms with van der Waals surface area (Å²) in [5.41, 5.74) is 1.47. The van der Waals surface area contributed by atoms with Gasteiger partial charge < -0.3 is 19.2 Å². The number of amides is 1. The van der Waals surface area contributed by atoms with Gasteiger partial charge in [0.05, 0.1) is 19.4 Å². The third kappa shape index (κ3) is 6.44. The van der Waals surface area contributed by atoms with Gasteiger partial charge in [-0.15, -0.1) is 0 Å². The lowest BCUT2D eigenvalue weighted by Gasteiger charge is -2.19. The van der Waals surface area contributed by atoms with Gasteiger partial charge in [0.25, 0.3) is 5.91 Å². The Morgan fingerprint density at radius 3 is 2.68 bits per heavy atom. The molecule has 3 aromatic rings. The molecular formula is C24H26N2O5. The highest BCUT2D eigenvalue weighted by molar-refractivity contribution is 5.94. The smallest absolute Gasteiger partial charge is 0.303 e. The van der Waals surface area contributed by atoms with Crippen LogP contribution in [0.25, 0.3) is 11.3 Å². The second-order valence-corrected chi connectivity index (χ2v) is 6.97. The Bertz CT molecular complexity index is 1080. The highest BCUT2D eigenvalue weighted by Crippen LogP contribution is 2.22. The minimum atomic E-state index is -2.68. The van der Waals surface area contributed by atoms with Gasteiger partial charge in [-0.05, 0) is 49.6 Å². The Labute approximate surface area is 185 Å². The first-order valence-electron chi connectivity index (χ1n) is 11.5. The largest absolute Gasteiger partial charge is 0.481 e. The highest BCUT2D eigenvalue weighted by Gasteiger charge is 2.15. The molecule has 0 aliphatic heterocycles. The van der Waals surface area contributed by atoms with E-state index in [2.05, 4.69) is 4.98 Å². The number of carbonyl (C=O) groups excluding carboxylic acids is 1. The molecule has 31 heavy (non-hydrogen) atoms. The third-order valence-electron chi connectivity index (χ3n) is 4.63. The SMILES string of the molecule is [2H]C([2H])([2H])N(Cc1cccnc1OCCCCCC(=O)O)C(=O)c1ccc(-c2ccco2)cc1. The first-order valence-corrected chi connectivity index (χ1v) is 10.00. The Morgan fingerprint density at radius 1 is 1.13 bits per heavy atom. The lowest BCUT2D eigenvalue weighted by atomic mass is 10.1. The number of rotatable bonds is 11. The minimum Gasteiger partial charge on any atom is -0.481 e. The maximum atomic E-state index is 13.1. The van der Waals surface area contributed by atoms with E-state index < -0.39 is 18.9 Å². The molecule has 0 bridgehead atoms. The number of aliphatic carboxylic acids is 1. The van der Waals surface area contributed by atoms with E-state index in [4.69, 9.17) is 18.4 Å². The minimum absolute atomic E-state index is 0.104. The fourth-order valence-electron chi connectivity index (χ4n) is 3.02. The molecule has 0 unspecified atom stereocenters. The molecule has 0 aliphatic rings. The van der Waals surface area contributed by atoms with E-state index in [0.29, 0.717) is 37.2 Å². The quantitative estimate of drug-likeness (QED) is 0.450. The summed E-state index contributed by atoms with van der Waals surface area (Å²) in [6.07, 6.45) is 5.04. The molecule has 0 atom stereocenters. The molecular weight excluding hydrogens is 396 g/mol. The van der Waals surface area contributed by atoms with E-state index in [9.17, 15) is 9.59 Å². The van der Waals surface area contributed by atoms with Crippen molar-refractivity contribution >= 4 is 11.9 Å². The number of hydrogen-bond donors (Lipinski definition) is 1. The maximum absolute atomic E-state index is 13.1. The summed E-state index contributed by atoms with van der Waals surface area (Å²) in [5.74, 6) is -0.588. The summed E-state index contributed by atoms with van der Waals surface area (Å²) >= 11 is 0. The van der Waals surface area contributed by atoms with Gasteiger partial charge in [0.1, 0.15) is 5.76 Å². The van der Waals surface area contributed by atoms with E-state index >= 15 is 0 Å². The van der Waals surface area contributed by atoms with Crippen LogP contribution in [0.4, 0.5) is 0 Å². The van der Waals surface area contributed by atoms with Crippen molar-refractivity contribution in [1.82, 2.24) is 9.88 Å². The number of carboxylic acid groups (broad SMARTS) is 1. The summed E-state index contributed by atoms with van der Waals surface area (Å²) < 4.78 is 34.8. The molecule has 0 saturated carbocycles. The summed E-state index contributed by atoms with van der Waals surface area (Å²) in [7, 11) is 0. The number of unbranched alkanes of at least 4 members (excludes halogenated alkanes) is 2. The molecule has 7 heteroatoms. The summed E-state index contributed by atoms with van der Waals surface area (Å²) in [6, 6.07) is 13.4. The van der Waals surface area contributed by atoms with Crippen molar-refractivity contribution in [3.63, 3.8) is 0 Å². The normalized spacial score (nSPS) is 12.5. The lowest BCUT2D eigenvalue weighted by Crippen LogP contribution is -2.26. The van der Waals surface area contributed by atoms with Crippen LogP contribution in [0.2, 0.25) is 0 Å². The Hall–Kier alpha value is -3.61. The van der Waals surface area contributed by atoms with Gasteiger partial charge in [0.2, 0.25) is 5.88 Å². The van der Waals surface area contributed by atoms with Crippen molar-refractivity contribution < 1.29 is 28.0 Å². The molecule has 0 aliphatic carbocycles. The molecule has 7 nitrogen and oxygen atoms in total. The lowest BCUT2D eigenvalue weighted by molar-refractivity contribution is -0.137. The standard InChI is InChI=1S/C24H26N2O5/c1-26(24(29)19-12-10-18(11-13-19)21-8-6-16-30-21)17-20-7-5-14-25-23(20)31-15-4-2-3-9-22(27)28/h5-8,10-14,16H,2-4,9,15,17H2,1H3,(H,27,28)/i1D3. The van der Waals surface area contributed by atoms with Gasteiger partial charge in [-0.2, -0.15) is 0 Å². The summed E-state index contributed by atoms with van der Waals surface area (Å²) in [5, 5.41) is 8.69.